The van der Waals surface area contributed by atoms with E-state index in [0.29, 0.717) is 32.1 Å². The summed E-state index contributed by atoms with van der Waals surface area (Å²) in [7, 11) is 0. The smallest absolute Gasteiger partial charge is 0.408 e. The molecule has 1 aromatic carbocycles. The molecule has 0 saturated carbocycles. The molecular weight excluding hydrogens is 454 g/mol. The quantitative estimate of drug-likeness (QED) is 0.429. The van der Waals surface area contributed by atoms with E-state index < -0.39 is 36.0 Å². The van der Waals surface area contributed by atoms with E-state index in [1.807, 2.05) is 37.3 Å². The number of benzene rings is 1. The number of aryl methyl sites for hydroxylation is 1. The fraction of sp³-hybridized carbons (Fsp3) is 0.417. The highest BCUT2D eigenvalue weighted by atomic mass is 16.5. The van der Waals surface area contributed by atoms with Crippen molar-refractivity contribution in [2.24, 2.45) is 5.92 Å². The standard InChI is InChI=1S/C24H29N5O6/c1-16-7-8-25-20(13-16)35-18-14-19(22(30)26-34)21(29(15-18)24(32)33)23(31)28-11-9-27(10-12-28)17-5-3-2-4-6-17/h2-8,13,18-19,21,34H,9-12,14-15H2,1H3,(H,26,30)(H,32,33)/t18-,19-,21-/m0/s1. The van der Waals surface area contributed by atoms with Crippen LogP contribution >= 0.6 is 0 Å². The van der Waals surface area contributed by atoms with E-state index in [2.05, 4.69) is 9.88 Å². The Labute approximate surface area is 202 Å². The number of amides is 3. The lowest BCUT2D eigenvalue weighted by Crippen LogP contribution is -2.64. The molecule has 0 aliphatic carbocycles. The third kappa shape index (κ3) is 5.46. The van der Waals surface area contributed by atoms with E-state index in [-0.39, 0.29) is 13.0 Å². The summed E-state index contributed by atoms with van der Waals surface area (Å²) in [6.45, 7) is 3.69. The zero-order valence-electron chi connectivity index (χ0n) is 19.4. The molecule has 11 heteroatoms. The minimum Gasteiger partial charge on any atom is -0.472 e. The Hall–Kier alpha value is -3.86. The van der Waals surface area contributed by atoms with Crippen LogP contribution in [-0.2, 0) is 9.59 Å². The van der Waals surface area contributed by atoms with Gasteiger partial charge in [0.25, 0.3) is 0 Å². The molecule has 3 heterocycles. The number of hydroxylamine groups is 1. The van der Waals surface area contributed by atoms with Crippen molar-refractivity contribution in [3.05, 3.63) is 54.2 Å². The Balaban J connectivity index is 1.51. The van der Waals surface area contributed by atoms with Crippen LogP contribution in [0.2, 0.25) is 0 Å². The number of piperazine rings is 1. The maximum absolute atomic E-state index is 13.5. The number of carboxylic acid groups (broad SMARTS) is 1. The van der Waals surface area contributed by atoms with Crippen molar-refractivity contribution in [3.8, 4) is 5.88 Å². The highest BCUT2D eigenvalue weighted by molar-refractivity contribution is 5.92. The van der Waals surface area contributed by atoms with Crippen molar-refractivity contribution in [2.75, 3.05) is 37.6 Å². The summed E-state index contributed by atoms with van der Waals surface area (Å²) >= 11 is 0. The summed E-state index contributed by atoms with van der Waals surface area (Å²) in [5, 5.41) is 19.3. The Morgan fingerprint density at radius 2 is 1.80 bits per heavy atom. The third-order valence-electron chi connectivity index (χ3n) is 6.47. The molecule has 2 aliphatic heterocycles. The number of hydrogen-bond donors (Lipinski definition) is 3. The van der Waals surface area contributed by atoms with Gasteiger partial charge in [-0.25, -0.2) is 15.3 Å². The van der Waals surface area contributed by atoms with Gasteiger partial charge in [0.15, 0.2) is 0 Å². The maximum Gasteiger partial charge on any atom is 0.408 e. The van der Waals surface area contributed by atoms with Gasteiger partial charge in [0.05, 0.1) is 12.5 Å². The number of aromatic nitrogens is 1. The molecular formula is C24H29N5O6. The number of nitrogens with zero attached hydrogens (tertiary/aromatic N) is 4. The molecule has 0 radical (unpaired) electrons. The van der Waals surface area contributed by atoms with Crippen LogP contribution in [0.4, 0.5) is 10.5 Å². The lowest BCUT2D eigenvalue weighted by Gasteiger charge is -2.44. The minimum atomic E-state index is -1.34. The lowest BCUT2D eigenvalue weighted by atomic mass is 9.86. The molecule has 4 rings (SSSR count). The van der Waals surface area contributed by atoms with Gasteiger partial charge < -0.3 is 19.6 Å². The topological polar surface area (TPSA) is 136 Å². The SMILES string of the molecule is Cc1ccnc(O[C@H]2C[C@H](C(=O)NO)[C@@H](C(=O)N3CCN(c4ccccc4)CC3)N(C(=O)O)C2)c1. The van der Waals surface area contributed by atoms with Gasteiger partial charge in [0, 0.05) is 50.6 Å². The van der Waals surface area contributed by atoms with Gasteiger partial charge in [-0.2, -0.15) is 0 Å². The molecule has 1 aromatic heterocycles. The Morgan fingerprint density at radius 1 is 1.09 bits per heavy atom. The second-order valence-corrected chi connectivity index (χ2v) is 8.76. The predicted molar refractivity (Wildman–Crippen MR) is 125 cm³/mol. The molecule has 35 heavy (non-hydrogen) atoms. The lowest BCUT2D eigenvalue weighted by molar-refractivity contribution is -0.150. The number of nitrogens with one attached hydrogen (secondary N) is 1. The van der Waals surface area contributed by atoms with Gasteiger partial charge in [-0.15, -0.1) is 0 Å². The van der Waals surface area contributed by atoms with Crippen molar-refractivity contribution in [1.29, 1.82) is 0 Å². The number of hydrogen-bond acceptors (Lipinski definition) is 7. The fourth-order valence-corrected chi connectivity index (χ4v) is 4.71. The van der Waals surface area contributed by atoms with Gasteiger partial charge in [-0.1, -0.05) is 18.2 Å². The second-order valence-electron chi connectivity index (χ2n) is 8.76. The Kier molecular flexibility index (Phi) is 7.35. The number of ether oxygens (including phenoxy) is 1. The average Bonchev–Trinajstić information content (AvgIpc) is 2.88. The van der Waals surface area contributed by atoms with Crippen LogP contribution in [0.15, 0.2) is 48.7 Å². The number of piperidine rings is 1. The molecule has 186 valence electrons. The number of pyridine rings is 1. The molecule has 2 aliphatic rings. The first-order valence-corrected chi connectivity index (χ1v) is 11.5. The largest absolute Gasteiger partial charge is 0.472 e. The van der Waals surface area contributed by atoms with E-state index >= 15 is 0 Å². The summed E-state index contributed by atoms with van der Waals surface area (Å²) in [5.74, 6) is -2.12. The van der Waals surface area contributed by atoms with Crippen LogP contribution in [0.3, 0.4) is 0 Å². The van der Waals surface area contributed by atoms with Crippen LogP contribution < -0.4 is 15.1 Å². The number of carbonyl (C=O) groups is 3. The first-order chi connectivity index (χ1) is 16.9. The van der Waals surface area contributed by atoms with E-state index in [0.717, 1.165) is 16.2 Å². The number of likely N-dealkylation sites (tertiary alicyclic amines) is 1. The Morgan fingerprint density at radius 3 is 2.43 bits per heavy atom. The number of carbonyl (C=O) groups excluding carboxylic acids is 2. The highest BCUT2D eigenvalue weighted by Crippen LogP contribution is 2.29. The first-order valence-electron chi connectivity index (χ1n) is 11.5. The zero-order valence-corrected chi connectivity index (χ0v) is 19.4. The normalized spacial score (nSPS) is 22.5. The van der Waals surface area contributed by atoms with Crippen molar-refractivity contribution in [1.82, 2.24) is 20.3 Å². The predicted octanol–water partition coefficient (Wildman–Crippen LogP) is 1.36. The zero-order chi connectivity index (χ0) is 24.9. The van der Waals surface area contributed by atoms with Crippen LogP contribution in [0.1, 0.15) is 12.0 Å². The van der Waals surface area contributed by atoms with Crippen LogP contribution in [0.5, 0.6) is 5.88 Å². The van der Waals surface area contributed by atoms with Crippen molar-refractivity contribution < 1.29 is 29.4 Å². The molecule has 0 unspecified atom stereocenters. The fourth-order valence-electron chi connectivity index (χ4n) is 4.71. The molecule has 3 N–H and O–H groups in total. The average molecular weight is 484 g/mol. The molecule has 2 aromatic rings. The van der Waals surface area contributed by atoms with E-state index in [9.17, 15) is 24.7 Å². The van der Waals surface area contributed by atoms with E-state index in [1.54, 1.807) is 28.7 Å². The van der Waals surface area contributed by atoms with Gasteiger partial charge in [-0.3, -0.25) is 19.7 Å². The molecule has 0 bridgehead atoms. The molecule has 2 saturated heterocycles. The summed E-state index contributed by atoms with van der Waals surface area (Å²) in [6, 6.07) is 12.1. The highest BCUT2D eigenvalue weighted by Gasteiger charge is 2.48. The van der Waals surface area contributed by atoms with Crippen LogP contribution in [-0.4, -0.2) is 87.9 Å². The molecule has 0 spiro atoms. The van der Waals surface area contributed by atoms with Gasteiger partial charge in [-0.05, 0) is 30.7 Å². The molecule has 3 amide bonds. The van der Waals surface area contributed by atoms with Crippen molar-refractivity contribution >= 4 is 23.6 Å². The van der Waals surface area contributed by atoms with E-state index in [4.69, 9.17) is 4.74 Å². The van der Waals surface area contributed by atoms with Gasteiger partial charge in [0.1, 0.15) is 12.1 Å². The van der Waals surface area contributed by atoms with E-state index in [1.165, 1.54) is 0 Å². The third-order valence-corrected chi connectivity index (χ3v) is 6.47. The molecule has 11 nitrogen and oxygen atoms in total. The number of anilines is 1. The first kappa shape index (κ1) is 24.3. The molecule has 2 fully saturated rings. The maximum atomic E-state index is 13.5. The number of para-hydroxylation sites is 1. The molecule has 3 atom stereocenters. The minimum absolute atomic E-state index is 0.0478. The van der Waals surface area contributed by atoms with Gasteiger partial charge in [0.2, 0.25) is 17.7 Å². The van der Waals surface area contributed by atoms with Crippen molar-refractivity contribution in [3.63, 3.8) is 0 Å². The van der Waals surface area contributed by atoms with Crippen molar-refractivity contribution in [2.45, 2.75) is 25.5 Å². The van der Waals surface area contributed by atoms with Crippen LogP contribution in [0.25, 0.3) is 0 Å². The van der Waals surface area contributed by atoms with Crippen LogP contribution in [0, 0.1) is 12.8 Å². The summed E-state index contributed by atoms with van der Waals surface area (Å²) < 4.78 is 5.87. The monoisotopic (exact) mass is 483 g/mol. The second kappa shape index (κ2) is 10.6. The van der Waals surface area contributed by atoms with Gasteiger partial charge >= 0.3 is 6.09 Å². The summed E-state index contributed by atoms with van der Waals surface area (Å²) in [5.41, 5.74) is 3.55. The Bertz CT molecular complexity index is 1060. The summed E-state index contributed by atoms with van der Waals surface area (Å²) in [4.78, 5) is 47.1. The summed E-state index contributed by atoms with van der Waals surface area (Å²) in [6.07, 6.45) is -0.442. The number of rotatable bonds is 5.